The van der Waals surface area contributed by atoms with Crippen LogP contribution in [-0.4, -0.2) is 36.0 Å². The molecule has 0 aliphatic carbocycles. The highest BCUT2D eigenvalue weighted by Crippen LogP contribution is 2.33. The summed E-state index contributed by atoms with van der Waals surface area (Å²) in [6.07, 6.45) is -1.60. The Balaban J connectivity index is 1.36. The van der Waals surface area contributed by atoms with E-state index in [9.17, 15) is 0 Å². The monoisotopic (exact) mass is 602 g/mol. The Morgan fingerprint density at radius 3 is 1.30 bits per heavy atom. The molecule has 0 N–H and O–H groups in total. The molecule has 0 amide bonds. The molecule has 208 valence electrons. The van der Waals surface area contributed by atoms with E-state index in [4.69, 9.17) is 23.7 Å². The second kappa shape index (κ2) is 15.2. The predicted octanol–water partition coefficient (Wildman–Crippen LogP) is 7.08. The minimum atomic E-state index is -0.422. The molecule has 5 atom stereocenters. The lowest BCUT2D eigenvalue weighted by molar-refractivity contribution is -0.253. The number of hydrogen-bond donors (Lipinski definition) is 0. The Kier molecular flexibility index (Phi) is 10.9. The maximum absolute atomic E-state index is 6.62. The zero-order valence-corrected chi connectivity index (χ0v) is 24.0. The van der Waals surface area contributed by atoms with Crippen LogP contribution in [0.4, 0.5) is 0 Å². The summed E-state index contributed by atoms with van der Waals surface area (Å²) in [6, 6.07) is 40.6. The lowest BCUT2D eigenvalue weighted by Gasteiger charge is -2.44. The Bertz CT molecular complexity index is 1240. The van der Waals surface area contributed by atoms with Gasteiger partial charge in [0.1, 0.15) is 29.4 Å². The average Bonchev–Trinajstić information content (AvgIpc) is 3.01. The Labute approximate surface area is 245 Å². The third kappa shape index (κ3) is 8.33. The molecule has 1 aliphatic rings. The lowest BCUT2D eigenvalue weighted by atomic mass is 9.99. The molecule has 4 aromatic carbocycles. The van der Waals surface area contributed by atoms with Crippen LogP contribution in [0.2, 0.25) is 0 Å². The normalized spacial score (nSPS) is 22.7. The Hall–Kier alpha value is -2.84. The van der Waals surface area contributed by atoms with E-state index in [1.165, 1.54) is 0 Å². The first kappa shape index (κ1) is 28.7. The molecule has 0 spiro atoms. The molecule has 5 nitrogen and oxygen atoms in total. The largest absolute Gasteiger partial charge is 0.374 e. The smallest absolute Gasteiger partial charge is 0.141 e. The fourth-order valence-electron chi connectivity index (χ4n) is 4.73. The highest BCUT2D eigenvalue weighted by Gasteiger charge is 2.47. The van der Waals surface area contributed by atoms with Crippen LogP contribution in [0, 0.1) is 0 Å². The molecule has 1 unspecified atom stereocenters. The summed E-state index contributed by atoms with van der Waals surface area (Å²) in [7, 11) is 0. The molecule has 4 aromatic rings. The molecule has 0 aromatic heterocycles. The highest BCUT2D eigenvalue weighted by atomic mass is 79.9. The third-order valence-corrected chi connectivity index (χ3v) is 7.56. The zero-order chi connectivity index (χ0) is 27.4. The molecule has 5 rings (SSSR count). The van der Waals surface area contributed by atoms with Gasteiger partial charge in [-0.25, -0.2) is 0 Å². The summed E-state index contributed by atoms with van der Waals surface area (Å²) in [5.74, 6) is 0. The van der Waals surface area contributed by atoms with Crippen LogP contribution in [0.3, 0.4) is 0 Å². The van der Waals surface area contributed by atoms with Crippen molar-refractivity contribution in [3.05, 3.63) is 144 Å². The molecule has 1 saturated heterocycles. The van der Waals surface area contributed by atoms with Gasteiger partial charge in [-0.3, -0.25) is 0 Å². The fraction of sp³-hybridized carbons (Fsp3) is 0.294. The standard InChI is InChI=1S/C34H35BrO5/c35-34-33(39-24-29-19-11-4-12-20-29)32(38-23-28-17-9-3-10-18-28)31(37-22-27-15-7-2-8-16-27)30(40-34)25-36-21-26-13-5-1-6-14-26/h1-20,30-34H,21-25H2/t30-,31-,32+,33+,34?/m1/s1. The van der Waals surface area contributed by atoms with E-state index < -0.39 is 23.3 Å². The van der Waals surface area contributed by atoms with Crippen molar-refractivity contribution in [2.45, 2.75) is 55.9 Å². The van der Waals surface area contributed by atoms with Gasteiger partial charge < -0.3 is 23.7 Å². The van der Waals surface area contributed by atoms with Crippen LogP contribution in [0.5, 0.6) is 0 Å². The molecule has 40 heavy (non-hydrogen) atoms. The van der Waals surface area contributed by atoms with Gasteiger partial charge in [-0.15, -0.1) is 0 Å². The van der Waals surface area contributed by atoms with Crippen molar-refractivity contribution >= 4 is 15.9 Å². The van der Waals surface area contributed by atoms with Gasteiger partial charge in [0, 0.05) is 0 Å². The summed E-state index contributed by atoms with van der Waals surface area (Å²) in [5, 5.41) is -0.404. The van der Waals surface area contributed by atoms with Gasteiger partial charge in [0.25, 0.3) is 0 Å². The van der Waals surface area contributed by atoms with Crippen molar-refractivity contribution in [2.24, 2.45) is 0 Å². The maximum atomic E-state index is 6.62. The van der Waals surface area contributed by atoms with Crippen LogP contribution in [0.1, 0.15) is 22.3 Å². The molecular formula is C34H35BrO5. The van der Waals surface area contributed by atoms with E-state index in [0.717, 1.165) is 22.3 Å². The van der Waals surface area contributed by atoms with Gasteiger partial charge in [0.2, 0.25) is 0 Å². The quantitative estimate of drug-likeness (QED) is 0.153. The van der Waals surface area contributed by atoms with E-state index in [-0.39, 0.29) is 6.10 Å². The molecule has 0 radical (unpaired) electrons. The second-order valence-corrected chi connectivity index (χ2v) is 10.7. The van der Waals surface area contributed by atoms with Crippen molar-refractivity contribution in [3.8, 4) is 0 Å². The molecule has 0 saturated carbocycles. The van der Waals surface area contributed by atoms with Gasteiger partial charge in [0.15, 0.2) is 0 Å². The van der Waals surface area contributed by atoms with Crippen LogP contribution in [0.15, 0.2) is 121 Å². The molecule has 1 aliphatic heterocycles. The Morgan fingerprint density at radius 1 is 0.475 bits per heavy atom. The summed E-state index contributed by atoms with van der Waals surface area (Å²) >= 11 is 3.76. The fourth-order valence-corrected chi connectivity index (χ4v) is 5.46. The molecule has 1 heterocycles. The molecular weight excluding hydrogens is 568 g/mol. The minimum Gasteiger partial charge on any atom is -0.374 e. The van der Waals surface area contributed by atoms with Crippen molar-refractivity contribution in [3.63, 3.8) is 0 Å². The van der Waals surface area contributed by atoms with Gasteiger partial charge in [0.05, 0.1) is 33.0 Å². The lowest BCUT2D eigenvalue weighted by Crippen LogP contribution is -2.59. The first-order valence-electron chi connectivity index (χ1n) is 13.6. The van der Waals surface area contributed by atoms with Crippen molar-refractivity contribution in [1.29, 1.82) is 0 Å². The van der Waals surface area contributed by atoms with Crippen LogP contribution < -0.4 is 0 Å². The SMILES string of the molecule is BrC1O[C@H](COCc2ccccc2)[C@@H](OCc2ccccc2)[C@H](OCc2ccccc2)[C@@H]1OCc1ccccc1. The molecule has 1 fully saturated rings. The van der Waals surface area contributed by atoms with Crippen molar-refractivity contribution < 1.29 is 23.7 Å². The number of ether oxygens (including phenoxy) is 5. The van der Waals surface area contributed by atoms with E-state index in [2.05, 4.69) is 64.5 Å². The number of rotatable bonds is 13. The first-order chi connectivity index (χ1) is 19.8. The average molecular weight is 604 g/mol. The summed E-state index contributed by atoms with van der Waals surface area (Å²) in [6.45, 7) is 2.13. The maximum Gasteiger partial charge on any atom is 0.141 e. The second-order valence-electron chi connectivity index (χ2n) is 9.81. The predicted molar refractivity (Wildman–Crippen MR) is 159 cm³/mol. The topological polar surface area (TPSA) is 46.2 Å². The first-order valence-corrected chi connectivity index (χ1v) is 14.6. The van der Waals surface area contributed by atoms with E-state index >= 15 is 0 Å². The summed E-state index contributed by atoms with van der Waals surface area (Å²) in [4.78, 5) is 0. The van der Waals surface area contributed by atoms with Crippen molar-refractivity contribution in [1.82, 2.24) is 0 Å². The number of alkyl halides is 1. The number of hydrogen-bond acceptors (Lipinski definition) is 5. The van der Waals surface area contributed by atoms with Gasteiger partial charge in [-0.1, -0.05) is 137 Å². The van der Waals surface area contributed by atoms with E-state index in [0.29, 0.717) is 33.0 Å². The number of halogens is 1. The minimum absolute atomic E-state index is 0.354. The number of benzene rings is 4. The summed E-state index contributed by atoms with van der Waals surface area (Å²) in [5.41, 5.74) is 4.35. The highest BCUT2D eigenvalue weighted by molar-refractivity contribution is 9.09. The van der Waals surface area contributed by atoms with Crippen LogP contribution in [0.25, 0.3) is 0 Å². The molecule has 0 bridgehead atoms. The third-order valence-electron chi connectivity index (χ3n) is 6.83. The van der Waals surface area contributed by atoms with Gasteiger partial charge in [-0.05, 0) is 22.3 Å². The van der Waals surface area contributed by atoms with E-state index in [1.807, 2.05) is 72.8 Å². The van der Waals surface area contributed by atoms with Crippen molar-refractivity contribution in [2.75, 3.05) is 6.61 Å². The van der Waals surface area contributed by atoms with Gasteiger partial charge >= 0.3 is 0 Å². The van der Waals surface area contributed by atoms with Crippen LogP contribution in [-0.2, 0) is 50.1 Å². The van der Waals surface area contributed by atoms with Gasteiger partial charge in [-0.2, -0.15) is 0 Å². The zero-order valence-electron chi connectivity index (χ0n) is 22.4. The Morgan fingerprint density at radius 2 is 0.850 bits per heavy atom. The van der Waals surface area contributed by atoms with Crippen LogP contribution >= 0.6 is 15.9 Å². The summed E-state index contributed by atoms with van der Waals surface area (Å²) < 4.78 is 32.3. The molecule has 6 heteroatoms. The van der Waals surface area contributed by atoms with E-state index in [1.54, 1.807) is 0 Å².